The molecule has 11 heteroatoms. The number of carbonyl (C=O) groups excluding carboxylic acids is 2. The van der Waals surface area contributed by atoms with E-state index in [-0.39, 0.29) is 33.8 Å². The number of nitrogens with one attached hydrogen (secondary N) is 1. The number of piperidine rings is 1. The molecule has 0 unspecified atom stereocenters. The maximum atomic E-state index is 13.5. The number of carbonyl (C=O) groups is 2. The molecule has 0 saturated carbocycles. The summed E-state index contributed by atoms with van der Waals surface area (Å²) in [4.78, 5) is 30.8. The summed E-state index contributed by atoms with van der Waals surface area (Å²) in [5, 5.41) is 3.22. The van der Waals surface area contributed by atoms with Crippen molar-refractivity contribution in [1.29, 1.82) is 0 Å². The highest BCUT2D eigenvalue weighted by molar-refractivity contribution is 8.00. The summed E-state index contributed by atoms with van der Waals surface area (Å²) in [6.07, 6.45) is 0.937. The zero-order valence-corrected chi connectivity index (χ0v) is 21.3. The molecule has 0 radical (unpaired) electrons. The molecular formula is C24H28N4O5S2. The van der Waals surface area contributed by atoms with E-state index >= 15 is 0 Å². The third-order valence-corrected chi connectivity index (χ3v) is 8.54. The lowest BCUT2D eigenvalue weighted by Crippen LogP contribution is -2.47. The van der Waals surface area contributed by atoms with Crippen LogP contribution in [0.25, 0.3) is 11.0 Å². The molecule has 0 atom stereocenters. The highest BCUT2D eigenvalue weighted by atomic mass is 32.2. The average molecular weight is 517 g/mol. The van der Waals surface area contributed by atoms with Crippen molar-refractivity contribution in [1.82, 2.24) is 19.2 Å². The molecule has 1 aliphatic rings. The Balaban J connectivity index is 1.46. The van der Waals surface area contributed by atoms with Gasteiger partial charge in [-0.25, -0.2) is 22.2 Å². The van der Waals surface area contributed by atoms with Crippen LogP contribution in [0.15, 0.2) is 58.6 Å². The fourth-order valence-electron chi connectivity index (χ4n) is 3.94. The molecular weight excluding hydrogens is 488 g/mol. The van der Waals surface area contributed by atoms with Gasteiger partial charge in [0.25, 0.3) is 10.0 Å². The lowest BCUT2D eigenvalue weighted by Gasteiger charge is -2.31. The van der Waals surface area contributed by atoms with Crippen molar-refractivity contribution in [2.75, 3.05) is 25.4 Å². The maximum absolute atomic E-state index is 13.5. The zero-order chi connectivity index (χ0) is 25.0. The first-order chi connectivity index (χ1) is 16.8. The number of imidazole rings is 1. The van der Waals surface area contributed by atoms with E-state index in [1.54, 1.807) is 60.4 Å². The fraction of sp³-hybridized carbons (Fsp3) is 0.375. The predicted octanol–water partition coefficient (Wildman–Crippen LogP) is 3.41. The number of likely N-dealkylation sites (tertiary alicyclic amines) is 1. The smallest absolute Gasteiger partial charge is 0.409 e. The first kappa shape index (κ1) is 25.1. The van der Waals surface area contributed by atoms with Gasteiger partial charge in [-0.2, -0.15) is 0 Å². The van der Waals surface area contributed by atoms with Gasteiger partial charge in [0.15, 0.2) is 5.16 Å². The van der Waals surface area contributed by atoms with Gasteiger partial charge in [0, 0.05) is 19.1 Å². The number of hydrogen-bond acceptors (Lipinski definition) is 7. The lowest BCUT2D eigenvalue weighted by atomic mass is 10.1. The van der Waals surface area contributed by atoms with Crippen LogP contribution < -0.4 is 5.32 Å². The maximum Gasteiger partial charge on any atom is 0.409 e. The number of para-hydroxylation sites is 2. The topological polar surface area (TPSA) is 111 Å². The minimum absolute atomic E-state index is 0.0187. The van der Waals surface area contributed by atoms with Crippen LogP contribution in [0.2, 0.25) is 0 Å². The van der Waals surface area contributed by atoms with E-state index in [9.17, 15) is 18.0 Å². The second kappa shape index (κ2) is 10.7. The van der Waals surface area contributed by atoms with E-state index in [0.717, 1.165) is 17.3 Å². The van der Waals surface area contributed by atoms with Crippen molar-refractivity contribution in [3.63, 3.8) is 0 Å². The van der Waals surface area contributed by atoms with Crippen LogP contribution >= 0.6 is 11.8 Å². The molecule has 0 spiro atoms. The Bertz CT molecular complexity index is 1310. The average Bonchev–Trinajstić information content (AvgIpc) is 3.23. The fourth-order valence-corrected chi connectivity index (χ4v) is 6.47. The van der Waals surface area contributed by atoms with Gasteiger partial charge in [0.1, 0.15) is 0 Å². The largest absolute Gasteiger partial charge is 0.450 e. The number of aryl methyl sites for hydroxylation is 1. The van der Waals surface area contributed by atoms with Crippen LogP contribution in [0.3, 0.4) is 0 Å². The molecule has 0 bridgehead atoms. The molecule has 2 amide bonds. The van der Waals surface area contributed by atoms with E-state index in [1.807, 2.05) is 6.92 Å². The van der Waals surface area contributed by atoms with Crippen LogP contribution in [0.1, 0.15) is 25.3 Å². The molecule has 3 aromatic rings. The van der Waals surface area contributed by atoms with Crippen LogP contribution in [0.4, 0.5) is 4.79 Å². The molecule has 0 aliphatic carbocycles. The number of amides is 2. The molecule has 2 aromatic carbocycles. The van der Waals surface area contributed by atoms with Crippen molar-refractivity contribution < 1.29 is 22.7 Å². The number of hydrogen-bond donors (Lipinski definition) is 1. The van der Waals surface area contributed by atoms with Gasteiger partial charge >= 0.3 is 6.09 Å². The molecule has 4 rings (SSSR count). The van der Waals surface area contributed by atoms with Crippen molar-refractivity contribution in [2.45, 2.75) is 42.8 Å². The van der Waals surface area contributed by atoms with Gasteiger partial charge in [0.05, 0.1) is 28.3 Å². The van der Waals surface area contributed by atoms with Crippen molar-refractivity contribution in [2.24, 2.45) is 0 Å². The van der Waals surface area contributed by atoms with Crippen LogP contribution in [-0.2, 0) is 19.6 Å². The van der Waals surface area contributed by atoms with E-state index in [1.165, 1.54) is 3.97 Å². The Morgan fingerprint density at radius 3 is 2.49 bits per heavy atom. The van der Waals surface area contributed by atoms with Gasteiger partial charge in [0.2, 0.25) is 5.91 Å². The summed E-state index contributed by atoms with van der Waals surface area (Å²) >= 11 is 1.08. The SMILES string of the molecule is CCOC(=O)N1CCC(NC(=O)CSc2nc3ccccc3n2S(=O)(=O)c2ccc(C)cc2)CC1. The van der Waals surface area contributed by atoms with Crippen LogP contribution in [0.5, 0.6) is 0 Å². The van der Waals surface area contributed by atoms with Gasteiger partial charge in [-0.05, 0) is 51.0 Å². The van der Waals surface area contributed by atoms with Crippen LogP contribution in [0, 0.1) is 6.92 Å². The Hall–Kier alpha value is -3.05. The Morgan fingerprint density at radius 1 is 1.11 bits per heavy atom. The quantitative estimate of drug-likeness (QED) is 0.479. The Labute approximate surface area is 208 Å². The van der Waals surface area contributed by atoms with Crippen molar-refractivity contribution >= 4 is 44.8 Å². The second-order valence-corrected chi connectivity index (χ2v) is 11.0. The zero-order valence-electron chi connectivity index (χ0n) is 19.6. The molecule has 1 N–H and O–H groups in total. The van der Waals surface area contributed by atoms with E-state index in [2.05, 4.69) is 10.3 Å². The first-order valence-corrected chi connectivity index (χ1v) is 13.9. The van der Waals surface area contributed by atoms with E-state index < -0.39 is 10.0 Å². The van der Waals surface area contributed by atoms with Gasteiger partial charge in [-0.15, -0.1) is 0 Å². The molecule has 1 aromatic heterocycles. The standard InChI is InChI=1S/C24H28N4O5S2/c1-3-33-24(30)27-14-12-18(13-15-27)25-22(29)16-34-23-26-20-6-4-5-7-21(20)28(23)35(31,32)19-10-8-17(2)9-11-19/h4-11,18H,3,12-16H2,1-2H3,(H,25,29). The molecule has 186 valence electrons. The van der Waals surface area contributed by atoms with Crippen molar-refractivity contribution in [3.8, 4) is 0 Å². The number of ether oxygens (including phenoxy) is 1. The summed E-state index contributed by atoms with van der Waals surface area (Å²) in [6.45, 7) is 5.02. The number of fused-ring (bicyclic) bond motifs is 1. The summed E-state index contributed by atoms with van der Waals surface area (Å²) in [5.74, 6) is -0.193. The Morgan fingerprint density at radius 2 is 1.80 bits per heavy atom. The van der Waals surface area contributed by atoms with E-state index in [4.69, 9.17) is 4.74 Å². The van der Waals surface area contributed by atoms with Crippen molar-refractivity contribution in [3.05, 3.63) is 54.1 Å². The number of rotatable bonds is 7. The first-order valence-electron chi connectivity index (χ1n) is 11.4. The third kappa shape index (κ3) is 5.62. The molecule has 1 aliphatic heterocycles. The molecule has 35 heavy (non-hydrogen) atoms. The second-order valence-electron chi connectivity index (χ2n) is 8.28. The van der Waals surface area contributed by atoms with Gasteiger partial charge in [-0.1, -0.05) is 41.6 Å². The summed E-state index contributed by atoms with van der Waals surface area (Å²) in [6, 6.07) is 13.6. The highest BCUT2D eigenvalue weighted by Crippen LogP contribution is 2.29. The van der Waals surface area contributed by atoms with Gasteiger partial charge in [-0.3, -0.25) is 4.79 Å². The lowest BCUT2D eigenvalue weighted by molar-refractivity contribution is -0.119. The summed E-state index contributed by atoms with van der Waals surface area (Å²) < 4.78 is 33.2. The highest BCUT2D eigenvalue weighted by Gasteiger charge is 2.27. The molecule has 2 heterocycles. The summed E-state index contributed by atoms with van der Waals surface area (Å²) in [7, 11) is -3.91. The minimum Gasteiger partial charge on any atom is -0.450 e. The minimum atomic E-state index is -3.91. The monoisotopic (exact) mass is 516 g/mol. The third-order valence-electron chi connectivity index (χ3n) is 5.77. The number of thioether (sulfide) groups is 1. The van der Waals surface area contributed by atoms with Crippen LogP contribution in [-0.4, -0.2) is 65.8 Å². The number of aromatic nitrogens is 2. The molecule has 9 nitrogen and oxygen atoms in total. The normalized spacial score (nSPS) is 14.7. The summed E-state index contributed by atoms with van der Waals surface area (Å²) in [5.41, 5.74) is 1.96. The predicted molar refractivity (Wildman–Crippen MR) is 134 cm³/mol. The molecule has 1 saturated heterocycles. The number of benzene rings is 2. The number of nitrogens with zero attached hydrogens (tertiary/aromatic N) is 3. The van der Waals surface area contributed by atoms with Gasteiger partial charge < -0.3 is 15.0 Å². The van der Waals surface area contributed by atoms with E-state index in [0.29, 0.717) is 43.6 Å². The Kier molecular flexibility index (Phi) is 7.66. The molecule has 1 fully saturated rings.